The molecule has 2 heterocycles. The van der Waals surface area contributed by atoms with Gasteiger partial charge in [-0.05, 0) is 38.5 Å². The number of thiophene rings is 1. The number of nitro benzene ring substituents is 1. The van der Waals surface area contributed by atoms with E-state index in [-0.39, 0.29) is 10.6 Å². The number of sulfonamides is 1. The maximum absolute atomic E-state index is 13.1. The topological polar surface area (TPSA) is 102 Å². The lowest BCUT2D eigenvalue weighted by Gasteiger charge is -2.12. The zero-order chi connectivity index (χ0) is 22.3. The second-order valence-corrected chi connectivity index (χ2v) is 10.1. The van der Waals surface area contributed by atoms with Crippen molar-refractivity contribution in [3.05, 3.63) is 80.8 Å². The number of rotatable bonds is 5. The minimum Gasteiger partial charge on any atom is -0.279 e. The van der Waals surface area contributed by atoms with Gasteiger partial charge < -0.3 is 0 Å². The van der Waals surface area contributed by atoms with Crippen LogP contribution >= 0.6 is 11.3 Å². The number of nitrogens with zero attached hydrogens (tertiary/aromatic N) is 2. The molecule has 0 amide bonds. The molecular formula is C22H19N3O4S2. The first-order valence-electron chi connectivity index (χ1n) is 9.41. The fourth-order valence-corrected chi connectivity index (χ4v) is 5.75. The summed E-state index contributed by atoms with van der Waals surface area (Å²) in [5, 5.41) is 11.8. The smallest absolute Gasteiger partial charge is 0.270 e. The highest BCUT2D eigenvalue weighted by Crippen LogP contribution is 2.42. The average Bonchev–Trinajstić information content (AvgIpc) is 3.03. The third-order valence-electron chi connectivity index (χ3n) is 4.86. The van der Waals surface area contributed by atoms with Crippen molar-refractivity contribution in [1.82, 2.24) is 4.98 Å². The van der Waals surface area contributed by atoms with Crippen molar-refractivity contribution in [2.75, 3.05) is 4.72 Å². The zero-order valence-corrected chi connectivity index (χ0v) is 18.7. The quantitative estimate of drug-likeness (QED) is 0.313. The number of benzene rings is 2. The van der Waals surface area contributed by atoms with Crippen LogP contribution in [-0.4, -0.2) is 18.3 Å². The Bertz CT molecular complexity index is 1440. The monoisotopic (exact) mass is 453 g/mol. The lowest BCUT2D eigenvalue weighted by Crippen LogP contribution is -2.13. The minimum absolute atomic E-state index is 0.173. The van der Waals surface area contributed by atoms with Gasteiger partial charge in [-0.25, -0.2) is 13.4 Å². The second kappa shape index (κ2) is 7.75. The molecule has 31 heavy (non-hydrogen) atoms. The molecule has 0 spiro atoms. The molecule has 158 valence electrons. The molecule has 4 aromatic rings. The van der Waals surface area contributed by atoms with E-state index < -0.39 is 14.9 Å². The van der Waals surface area contributed by atoms with Crippen LogP contribution < -0.4 is 4.72 Å². The van der Waals surface area contributed by atoms with Crippen LogP contribution in [-0.2, 0) is 10.0 Å². The Kier molecular flexibility index (Phi) is 5.24. The predicted molar refractivity (Wildman–Crippen MR) is 123 cm³/mol. The van der Waals surface area contributed by atoms with Gasteiger partial charge in [0.05, 0.1) is 15.5 Å². The Morgan fingerprint density at radius 2 is 1.77 bits per heavy atom. The van der Waals surface area contributed by atoms with Gasteiger partial charge in [0.25, 0.3) is 15.7 Å². The van der Waals surface area contributed by atoms with Gasteiger partial charge in [-0.1, -0.05) is 35.9 Å². The summed E-state index contributed by atoms with van der Waals surface area (Å²) in [5.74, 6) is 0. The molecule has 0 saturated carbocycles. The summed E-state index contributed by atoms with van der Waals surface area (Å²) in [6, 6.07) is 14.7. The molecule has 0 aliphatic carbocycles. The summed E-state index contributed by atoms with van der Waals surface area (Å²) >= 11 is 1.50. The van der Waals surface area contributed by atoms with Gasteiger partial charge in [-0.3, -0.25) is 14.8 Å². The van der Waals surface area contributed by atoms with Gasteiger partial charge in [0.15, 0.2) is 0 Å². The maximum atomic E-state index is 13.1. The van der Waals surface area contributed by atoms with Crippen LogP contribution in [0.15, 0.2) is 59.5 Å². The third-order valence-corrected chi connectivity index (χ3v) is 7.22. The lowest BCUT2D eigenvalue weighted by molar-refractivity contribution is -0.385. The summed E-state index contributed by atoms with van der Waals surface area (Å²) < 4.78 is 28.8. The molecule has 0 aliphatic rings. The maximum Gasteiger partial charge on any atom is 0.270 e. The van der Waals surface area contributed by atoms with E-state index in [4.69, 9.17) is 0 Å². The van der Waals surface area contributed by atoms with Crippen LogP contribution in [0.3, 0.4) is 0 Å². The van der Waals surface area contributed by atoms with Gasteiger partial charge in [-0.15, -0.1) is 11.3 Å². The van der Waals surface area contributed by atoms with Crippen molar-refractivity contribution in [3.8, 4) is 11.1 Å². The number of pyridine rings is 1. The fraction of sp³-hybridized carbons (Fsp3) is 0.136. The van der Waals surface area contributed by atoms with Crippen molar-refractivity contribution in [3.63, 3.8) is 0 Å². The highest BCUT2D eigenvalue weighted by molar-refractivity contribution is 7.92. The molecule has 9 heteroatoms. The Morgan fingerprint density at radius 1 is 1.03 bits per heavy atom. The molecule has 2 aromatic heterocycles. The summed E-state index contributed by atoms with van der Waals surface area (Å²) in [7, 11) is -4.05. The van der Waals surface area contributed by atoms with E-state index in [0.717, 1.165) is 32.5 Å². The van der Waals surface area contributed by atoms with Gasteiger partial charge >= 0.3 is 0 Å². The highest BCUT2D eigenvalue weighted by atomic mass is 32.2. The van der Waals surface area contributed by atoms with Crippen molar-refractivity contribution in [2.45, 2.75) is 25.7 Å². The molecule has 0 fully saturated rings. The number of aromatic nitrogens is 1. The van der Waals surface area contributed by atoms with Crippen molar-refractivity contribution in [2.24, 2.45) is 0 Å². The predicted octanol–water partition coefficient (Wildman–Crippen LogP) is 5.60. The largest absolute Gasteiger partial charge is 0.279 e. The molecule has 1 N–H and O–H groups in total. The van der Waals surface area contributed by atoms with Crippen LogP contribution in [0.4, 0.5) is 11.4 Å². The average molecular weight is 454 g/mol. The molecular weight excluding hydrogens is 434 g/mol. The number of fused-ring (bicyclic) bond motifs is 1. The van der Waals surface area contributed by atoms with Crippen molar-refractivity contribution >= 4 is 43.0 Å². The highest BCUT2D eigenvalue weighted by Gasteiger charge is 2.22. The molecule has 0 aliphatic heterocycles. The molecule has 0 atom stereocenters. The normalized spacial score (nSPS) is 11.6. The van der Waals surface area contributed by atoms with Gasteiger partial charge in [-0.2, -0.15) is 0 Å². The molecule has 0 saturated heterocycles. The van der Waals surface area contributed by atoms with E-state index >= 15 is 0 Å². The number of hydrogen-bond acceptors (Lipinski definition) is 6. The Hall–Kier alpha value is -3.30. The van der Waals surface area contributed by atoms with Gasteiger partial charge in [0.2, 0.25) is 0 Å². The fourth-order valence-electron chi connectivity index (χ4n) is 3.53. The zero-order valence-electron chi connectivity index (χ0n) is 17.0. The number of anilines is 1. The van der Waals surface area contributed by atoms with E-state index in [2.05, 4.69) is 9.71 Å². The summed E-state index contributed by atoms with van der Waals surface area (Å²) in [6.07, 6.45) is 0. The Labute approximate surface area is 183 Å². The van der Waals surface area contributed by atoms with Crippen LogP contribution in [0, 0.1) is 30.9 Å². The second-order valence-electron chi connectivity index (χ2n) is 7.25. The Balaban J connectivity index is 1.90. The van der Waals surface area contributed by atoms with E-state index in [1.165, 1.54) is 29.5 Å². The number of hydrogen-bond donors (Lipinski definition) is 1. The van der Waals surface area contributed by atoms with Crippen molar-refractivity contribution in [1.29, 1.82) is 0 Å². The van der Waals surface area contributed by atoms with Crippen LogP contribution in [0.1, 0.15) is 16.1 Å². The summed E-state index contributed by atoms with van der Waals surface area (Å²) in [5.41, 5.74) is 3.77. The molecule has 0 bridgehead atoms. The standard InChI is InChI=1S/C22H19N3O4S2/c1-13-6-4-7-16(10-13)20-15(3)30-22-21(20)19(11-14(2)23-22)24-31(28,29)18-9-5-8-17(12-18)25(26)27/h4-12H,1-3H3,(H,23,24). The SMILES string of the molecule is Cc1cccc(-c2c(C)sc3nc(C)cc(NS(=O)(=O)c4cccc([N+](=O)[O-])c4)c23)c1. The van der Waals surface area contributed by atoms with Crippen molar-refractivity contribution < 1.29 is 13.3 Å². The molecule has 0 radical (unpaired) electrons. The number of aryl methyl sites for hydroxylation is 3. The Morgan fingerprint density at radius 3 is 2.48 bits per heavy atom. The van der Waals surface area contributed by atoms with Gasteiger partial charge in [0, 0.05) is 33.7 Å². The first-order valence-corrected chi connectivity index (χ1v) is 11.7. The van der Waals surface area contributed by atoms with Crippen LogP contribution in [0.5, 0.6) is 0 Å². The third kappa shape index (κ3) is 4.01. The number of non-ortho nitro benzene ring substituents is 1. The lowest BCUT2D eigenvalue weighted by atomic mass is 10.0. The molecule has 2 aromatic carbocycles. The first kappa shape index (κ1) is 21.0. The van der Waals surface area contributed by atoms with E-state index in [1.807, 2.05) is 38.1 Å². The summed E-state index contributed by atoms with van der Waals surface area (Å²) in [4.78, 5) is 16.6. The van der Waals surface area contributed by atoms with E-state index in [0.29, 0.717) is 16.8 Å². The van der Waals surface area contributed by atoms with E-state index in [9.17, 15) is 18.5 Å². The molecule has 4 rings (SSSR count). The molecule has 0 unspecified atom stereocenters. The van der Waals surface area contributed by atoms with E-state index in [1.54, 1.807) is 13.0 Å². The molecule has 7 nitrogen and oxygen atoms in total. The van der Waals surface area contributed by atoms with Gasteiger partial charge in [0.1, 0.15) is 4.83 Å². The number of nitrogens with one attached hydrogen (secondary N) is 1. The summed E-state index contributed by atoms with van der Waals surface area (Å²) in [6.45, 7) is 5.78. The minimum atomic E-state index is -4.05. The van der Waals surface area contributed by atoms with Crippen LogP contribution in [0.25, 0.3) is 21.3 Å². The van der Waals surface area contributed by atoms with Crippen LogP contribution in [0.2, 0.25) is 0 Å². The number of nitro groups is 1. The first-order chi connectivity index (χ1) is 14.7.